The molecule has 0 atom stereocenters. The number of hydrogen-bond acceptors (Lipinski definition) is 3. The highest BCUT2D eigenvalue weighted by molar-refractivity contribution is 5.92. The maximum Gasteiger partial charge on any atom is 0.271 e. The van der Waals surface area contributed by atoms with E-state index < -0.39 is 0 Å². The molecule has 0 aliphatic heterocycles. The average Bonchev–Trinajstić information content (AvgIpc) is 3.03. The van der Waals surface area contributed by atoms with Crippen molar-refractivity contribution in [2.75, 3.05) is 13.2 Å². The minimum atomic E-state index is -0.201. The largest absolute Gasteiger partial charge is 0.491 e. The Labute approximate surface area is 153 Å². The van der Waals surface area contributed by atoms with Crippen LogP contribution in [-0.4, -0.2) is 28.8 Å². The standard InChI is InChI=1S/C21H23N3O2/c1-15-8-7-9-16(2)20(15)26-13-12-22-21(25)19-14-17(3)24(23-19)18-10-5-4-6-11-18/h4-11,14H,12-13H2,1-3H3,(H,22,25). The van der Waals surface area contributed by atoms with Crippen LogP contribution in [0.2, 0.25) is 0 Å². The van der Waals surface area contributed by atoms with Gasteiger partial charge in [0.25, 0.3) is 5.91 Å². The van der Waals surface area contributed by atoms with Crippen LogP contribution in [0.5, 0.6) is 5.75 Å². The lowest BCUT2D eigenvalue weighted by Gasteiger charge is -2.12. The molecular formula is C21H23N3O2. The van der Waals surface area contributed by atoms with Crippen LogP contribution in [-0.2, 0) is 0 Å². The van der Waals surface area contributed by atoms with Gasteiger partial charge in [-0.15, -0.1) is 0 Å². The molecule has 134 valence electrons. The molecule has 0 aliphatic carbocycles. The third-order valence-electron chi connectivity index (χ3n) is 4.16. The molecule has 0 aliphatic rings. The van der Waals surface area contributed by atoms with Crippen LogP contribution in [0.3, 0.4) is 0 Å². The summed E-state index contributed by atoms with van der Waals surface area (Å²) in [5.74, 6) is 0.679. The van der Waals surface area contributed by atoms with Crippen LogP contribution in [0.1, 0.15) is 27.3 Å². The number of aromatic nitrogens is 2. The van der Waals surface area contributed by atoms with Crippen molar-refractivity contribution in [1.82, 2.24) is 15.1 Å². The van der Waals surface area contributed by atoms with Gasteiger partial charge in [0.05, 0.1) is 12.2 Å². The van der Waals surface area contributed by atoms with Crippen molar-refractivity contribution in [2.24, 2.45) is 0 Å². The average molecular weight is 349 g/mol. The van der Waals surface area contributed by atoms with Crippen molar-refractivity contribution in [3.63, 3.8) is 0 Å². The normalized spacial score (nSPS) is 10.6. The molecule has 1 N–H and O–H groups in total. The zero-order chi connectivity index (χ0) is 18.5. The van der Waals surface area contributed by atoms with Gasteiger partial charge in [0.2, 0.25) is 0 Å². The Balaban J connectivity index is 1.58. The first-order valence-electron chi connectivity index (χ1n) is 8.65. The fourth-order valence-corrected chi connectivity index (χ4v) is 2.85. The van der Waals surface area contributed by atoms with Crippen molar-refractivity contribution in [2.45, 2.75) is 20.8 Å². The summed E-state index contributed by atoms with van der Waals surface area (Å²) in [5.41, 5.74) is 4.43. The van der Waals surface area contributed by atoms with E-state index in [4.69, 9.17) is 4.74 Å². The van der Waals surface area contributed by atoms with Gasteiger partial charge in [-0.2, -0.15) is 5.10 Å². The lowest BCUT2D eigenvalue weighted by molar-refractivity contribution is 0.0941. The van der Waals surface area contributed by atoms with Gasteiger partial charge in [-0.05, 0) is 50.1 Å². The summed E-state index contributed by atoms with van der Waals surface area (Å²) < 4.78 is 7.58. The quantitative estimate of drug-likeness (QED) is 0.692. The summed E-state index contributed by atoms with van der Waals surface area (Å²) in [6, 6.07) is 17.6. The van der Waals surface area contributed by atoms with E-state index in [-0.39, 0.29) is 5.91 Å². The molecule has 5 nitrogen and oxygen atoms in total. The Bertz CT molecular complexity index is 881. The van der Waals surface area contributed by atoms with Crippen LogP contribution in [0.25, 0.3) is 5.69 Å². The van der Waals surface area contributed by atoms with Gasteiger partial charge in [0.1, 0.15) is 12.4 Å². The fourth-order valence-electron chi connectivity index (χ4n) is 2.85. The molecule has 0 saturated carbocycles. The summed E-state index contributed by atoms with van der Waals surface area (Å²) >= 11 is 0. The van der Waals surface area contributed by atoms with Crippen LogP contribution >= 0.6 is 0 Å². The lowest BCUT2D eigenvalue weighted by atomic mass is 10.1. The van der Waals surface area contributed by atoms with Crippen molar-refractivity contribution in [3.05, 3.63) is 77.1 Å². The van der Waals surface area contributed by atoms with Gasteiger partial charge in [-0.25, -0.2) is 4.68 Å². The Morgan fingerprint density at radius 3 is 2.42 bits per heavy atom. The van der Waals surface area contributed by atoms with Gasteiger partial charge in [-0.1, -0.05) is 36.4 Å². The number of nitrogens with zero attached hydrogens (tertiary/aromatic N) is 2. The molecule has 1 amide bonds. The van der Waals surface area contributed by atoms with E-state index in [1.165, 1.54) is 0 Å². The highest BCUT2D eigenvalue weighted by Crippen LogP contribution is 2.21. The molecule has 5 heteroatoms. The van der Waals surface area contributed by atoms with Crippen molar-refractivity contribution in [3.8, 4) is 11.4 Å². The van der Waals surface area contributed by atoms with Gasteiger partial charge in [0, 0.05) is 5.69 Å². The van der Waals surface area contributed by atoms with Gasteiger partial charge in [0.15, 0.2) is 5.69 Å². The number of benzene rings is 2. The predicted molar refractivity (Wildman–Crippen MR) is 102 cm³/mol. The number of para-hydroxylation sites is 2. The maximum absolute atomic E-state index is 12.3. The molecule has 0 unspecified atom stereocenters. The van der Waals surface area contributed by atoms with E-state index in [9.17, 15) is 4.79 Å². The lowest BCUT2D eigenvalue weighted by Crippen LogP contribution is -2.28. The summed E-state index contributed by atoms with van der Waals surface area (Å²) in [5, 5.41) is 7.27. The van der Waals surface area contributed by atoms with Crippen LogP contribution in [0, 0.1) is 20.8 Å². The highest BCUT2D eigenvalue weighted by Gasteiger charge is 2.13. The van der Waals surface area contributed by atoms with Gasteiger partial charge in [-0.3, -0.25) is 4.79 Å². The van der Waals surface area contributed by atoms with E-state index in [0.29, 0.717) is 18.8 Å². The first-order valence-corrected chi connectivity index (χ1v) is 8.65. The molecule has 0 radical (unpaired) electrons. The van der Waals surface area contributed by atoms with E-state index in [1.807, 2.05) is 69.3 Å². The first kappa shape index (κ1) is 17.7. The number of carbonyl (C=O) groups excluding carboxylic acids is 1. The molecule has 3 aromatic rings. The van der Waals surface area contributed by atoms with Gasteiger partial charge >= 0.3 is 0 Å². The molecule has 1 aromatic heterocycles. The summed E-state index contributed by atoms with van der Waals surface area (Å²) in [7, 11) is 0. The number of amides is 1. The smallest absolute Gasteiger partial charge is 0.271 e. The summed E-state index contributed by atoms with van der Waals surface area (Å²) in [6.07, 6.45) is 0. The summed E-state index contributed by atoms with van der Waals surface area (Å²) in [4.78, 5) is 12.3. The van der Waals surface area contributed by atoms with E-state index in [2.05, 4.69) is 10.4 Å². The van der Waals surface area contributed by atoms with Gasteiger partial charge < -0.3 is 10.1 Å². The molecule has 0 bridgehead atoms. The molecule has 2 aromatic carbocycles. The Morgan fingerprint density at radius 1 is 1.04 bits per heavy atom. The molecule has 1 heterocycles. The minimum absolute atomic E-state index is 0.201. The van der Waals surface area contributed by atoms with Crippen LogP contribution in [0.4, 0.5) is 0 Å². The second-order valence-electron chi connectivity index (χ2n) is 6.24. The van der Waals surface area contributed by atoms with E-state index in [0.717, 1.165) is 28.3 Å². The summed E-state index contributed by atoms with van der Waals surface area (Å²) in [6.45, 7) is 6.79. The molecule has 0 saturated heterocycles. The highest BCUT2D eigenvalue weighted by atomic mass is 16.5. The third-order valence-corrected chi connectivity index (χ3v) is 4.16. The maximum atomic E-state index is 12.3. The topological polar surface area (TPSA) is 56.1 Å². The molecule has 26 heavy (non-hydrogen) atoms. The fraction of sp³-hybridized carbons (Fsp3) is 0.238. The monoisotopic (exact) mass is 349 g/mol. The van der Waals surface area contributed by atoms with Crippen LogP contribution in [0.15, 0.2) is 54.6 Å². The number of hydrogen-bond donors (Lipinski definition) is 1. The Morgan fingerprint density at radius 2 is 1.73 bits per heavy atom. The number of ether oxygens (including phenoxy) is 1. The number of rotatable bonds is 6. The number of nitrogens with one attached hydrogen (secondary N) is 1. The Kier molecular flexibility index (Phi) is 5.37. The Hall–Kier alpha value is -3.08. The van der Waals surface area contributed by atoms with E-state index in [1.54, 1.807) is 10.7 Å². The molecule has 0 fully saturated rings. The molecule has 0 spiro atoms. The number of aryl methyl sites for hydroxylation is 3. The van der Waals surface area contributed by atoms with Crippen LogP contribution < -0.4 is 10.1 Å². The zero-order valence-corrected chi connectivity index (χ0v) is 15.3. The van der Waals surface area contributed by atoms with Crippen molar-refractivity contribution in [1.29, 1.82) is 0 Å². The second-order valence-corrected chi connectivity index (χ2v) is 6.24. The second kappa shape index (κ2) is 7.87. The van der Waals surface area contributed by atoms with E-state index >= 15 is 0 Å². The predicted octanol–water partition coefficient (Wildman–Crippen LogP) is 3.61. The number of carbonyl (C=O) groups is 1. The molecular weight excluding hydrogens is 326 g/mol. The first-order chi connectivity index (χ1) is 12.6. The van der Waals surface area contributed by atoms with Crippen molar-refractivity contribution < 1.29 is 9.53 Å². The zero-order valence-electron chi connectivity index (χ0n) is 15.3. The molecule has 3 rings (SSSR count). The van der Waals surface area contributed by atoms with Crippen molar-refractivity contribution >= 4 is 5.91 Å². The third kappa shape index (κ3) is 3.94. The SMILES string of the molecule is Cc1cccc(C)c1OCCNC(=O)c1cc(C)n(-c2ccccc2)n1. The minimum Gasteiger partial charge on any atom is -0.491 e.